The minimum atomic E-state index is 0.371. The molecule has 0 spiro atoms. The maximum absolute atomic E-state index is 5.05. The number of hydrogen-bond donors (Lipinski definition) is 4. The average molecular weight is 491 g/mol. The maximum atomic E-state index is 5.05. The molecule has 0 bridgehead atoms. The molecule has 2 rings (SSSR count). The van der Waals surface area contributed by atoms with Gasteiger partial charge in [0.25, 0.3) is 12.0 Å². The molecule has 0 aliphatic heterocycles. The van der Waals surface area contributed by atoms with E-state index < -0.39 is 0 Å². The van der Waals surface area contributed by atoms with Crippen molar-refractivity contribution >= 4 is 48.0 Å². The second-order valence-electron chi connectivity index (χ2n) is 5.88. The Labute approximate surface area is 194 Å². The first-order valence-corrected chi connectivity index (χ1v) is 12.1. The van der Waals surface area contributed by atoms with Crippen molar-refractivity contribution in [3.05, 3.63) is 9.54 Å². The van der Waals surface area contributed by atoms with Gasteiger partial charge in [0.15, 0.2) is 10.3 Å². The molecule has 0 saturated heterocycles. The molecule has 4 N–H and O–H groups in total. The van der Waals surface area contributed by atoms with Gasteiger partial charge in [-0.05, 0) is 50.4 Å². The monoisotopic (exact) mass is 490 g/mol. The van der Waals surface area contributed by atoms with Gasteiger partial charge in [-0.3, -0.25) is 9.97 Å². The van der Waals surface area contributed by atoms with Crippen molar-refractivity contribution < 1.29 is 9.47 Å². The SMILES string of the molecule is COc1nc(SCNCCCCCCNCSc2nc(OC)[nH]c(=S)n2)nc(=S)[nH]1. The zero-order valence-electron chi connectivity index (χ0n) is 16.9. The Morgan fingerprint density at radius 1 is 0.733 bits per heavy atom. The molecule has 0 saturated carbocycles. The second-order valence-corrected chi connectivity index (χ2v) is 8.54. The number of aromatic nitrogens is 6. The third kappa shape index (κ3) is 10.1. The number of unbranched alkanes of at least 4 members (excludes halogenated alkanes) is 3. The standard InChI is InChI=1S/C16H26N8O2S4/c1-25-11-19-13(27)23-15(21-11)29-9-17-7-5-3-4-6-8-18-10-30-16-22-12(26-2)20-14(28)24-16/h17-18H,3-10H2,1-2H3,(H,19,21,23,27)(H,20,22,24,28). The van der Waals surface area contributed by atoms with Gasteiger partial charge in [-0.1, -0.05) is 36.4 Å². The van der Waals surface area contributed by atoms with E-state index in [1.54, 1.807) is 14.2 Å². The van der Waals surface area contributed by atoms with E-state index >= 15 is 0 Å². The van der Waals surface area contributed by atoms with Gasteiger partial charge in [0, 0.05) is 11.8 Å². The molecule has 0 aliphatic carbocycles. The number of nitrogens with zero attached hydrogens (tertiary/aromatic N) is 4. The lowest BCUT2D eigenvalue weighted by Crippen LogP contribution is -2.16. The number of methoxy groups -OCH3 is 2. The van der Waals surface area contributed by atoms with E-state index in [-0.39, 0.29) is 0 Å². The molecule has 30 heavy (non-hydrogen) atoms. The number of aromatic amines is 2. The first-order chi connectivity index (χ1) is 14.6. The Kier molecular flexibility index (Phi) is 12.2. The minimum absolute atomic E-state index is 0.371. The molecule has 2 heterocycles. The van der Waals surface area contributed by atoms with Crippen LogP contribution in [-0.4, -0.2) is 69.0 Å². The summed E-state index contributed by atoms with van der Waals surface area (Å²) in [5, 5.41) is 7.97. The van der Waals surface area contributed by atoms with Gasteiger partial charge in [-0.15, -0.1) is 0 Å². The number of hydrogen-bond acceptors (Lipinski definition) is 12. The summed E-state index contributed by atoms with van der Waals surface area (Å²) >= 11 is 13.1. The summed E-state index contributed by atoms with van der Waals surface area (Å²) in [6.07, 6.45) is 4.62. The van der Waals surface area contributed by atoms with Crippen LogP contribution in [0.1, 0.15) is 25.7 Å². The zero-order chi connectivity index (χ0) is 21.6. The number of H-pyrrole nitrogens is 2. The molecule has 10 nitrogen and oxygen atoms in total. The lowest BCUT2D eigenvalue weighted by molar-refractivity contribution is 0.371. The van der Waals surface area contributed by atoms with Crippen LogP contribution in [0.3, 0.4) is 0 Å². The molecule has 0 unspecified atom stereocenters. The lowest BCUT2D eigenvalue weighted by Gasteiger charge is -2.06. The summed E-state index contributed by atoms with van der Waals surface area (Å²) < 4.78 is 10.8. The molecular weight excluding hydrogens is 464 g/mol. The van der Waals surface area contributed by atoms with Crippen LogP contribution >= 0.6 is 48.0 Å². The number of thioether (sulfide) groups is 2. The third-order valence-electron chi connectivity index (χ3n) is 3.67. The third-order valence-corrected chi connectivity index (χ3v) is 5.63. The Bertz CT molecular complexity index is 807. The fourth-order valence-corrected chi connectivity index (χ4v) is 4.06. The molecule has 166 valence electrons. The van der Waals surface area contributed by atoms with Crippen LogP contribution in [0.2, 0.25) is 0 Å². The fourth-order valence-electron chi connectivity index (χ4n) is 2.24. The highest BCUT2D eigenvalue weighted by Gasteiger charge is 2.03. The van der Waals surface area contributed by atoms with Crippen LogP contribution in [0.4, 0.5) is 0 Å². The van der Waals surface area contributed by atoms with Gasteiger partial charge in [-0.2, -0.15) is 19.9 Å². The Morgan fingerprint density at radius 3 is 1.57 bits per heavy atom. The van der Waals surface area contributed by atoms with Crippen LogP contribution in [0.25, 0.3) is 0 Å². The van der Waals surface area contributed by atoms with E-state index in [0.29, 0.717) is 31.9 Å². The van der Waals surface area contributed by atoms with E-state index in [1.165, 1.54) is 36.4 Å². The van der Waals surface area contributed by atoms with Crippen LogP contribution in [0.5, 0.6) is 12.0 Å². The molecule has 2 aromatic rings. The number of rotatable bonds is 15. The smallest absolute Gasteiger partial charge is 0.298 e. The van der Waals surface area contributed by atoms with Gasteiger partial charge in [0.05, 0.1) is 14.2 Å². The number of ether oxygens (including phenoxy) is 2. The van der Waals surface area contributed by atoms with E-state index in [4.69, 9.17) is 33.9 Å². The Balaban J connectivity index is 1.44. The quantitative estimate of drug-likeness (QED) is 0.127. The van der Waals surface area contributed by atoms with Crippen LogP contribution in [-0.2, 0) is 0 Å². The Morgan fingerprint density at radius 2 is 1.17 bits per heavy atom. The van der Waals surface area contributed by atoms with E-state index in [2.05, 4.69) is 40.5 Å². The maximum Gasteiger partial charge on any atom is 0.298 e. The molecule has 0 aliphatic rings. The van der Waals surface area contributed by atoms with Crippen molar-refractivity contribution in [2.75, 3.05) is 39.1 Å². The summed E-state index contributed by atoms with van der Waals surface area (Å²) in [5.74, 6) is 1.47. The first-order valence-electron chi connectivity index (χ1n) is 9.32. The second kappa shape index (κ2) is 14.6. The molecule has 0 amide bonds. The molecule has 0 fully saturated rings. The average Bonchev–Trinajstić information content (AvgIpc) is 2.73. The molecule has 0 aromatic carbocycles. The van der Waals surface area contributed by atoms with Crippen molar-refractivity contribution in [1.29, 1.82) is 0 Å². The van der Waals surface area contributed by atoms with E-state index in [0.717, 1.165) is 37.7 Å². The Hall–Kier alpha value is -1.32. The van der Waals surface area contributed by atoms with Crippen molar-refractivity contribution in [1.82, 2.24) is 40.5 Å². The van der Waals surface area contributed by atoms with Gasteiger partial charge in [0.2, 0.25) is 9.54 Å². The van der Waals surface area contributed by atoms with Gasteiger partial charge in [-0.25, -0.2) is 0 Å². The fraction of sp³-hybridized carbons (Fsp3) is 0.625. The molecule has 0 atom stereocenters. The highest BCUT2D eigenvalue weighted by Crippen LogP contribution is 2.14. The van der Waals surface area contributed by atoms with Crippen molar-refractivity contribution in [3.8, 4) is 12.0 Å². The minimum Gasteiger partial charge on any atom is -0.468 e. The lowest BCUT2D eigenvalue weighted by atomic mass is 10.2. The molecule has 2 aromatic heterocycles. The normalized spacial score (nSPS) is 10.9. The summed E-state index contributed by atoms with van der Waals surface area (Å²) in [4.78, 5) is 22.3. The molecule has 0 radical (unpaired) electrons. The van der Waals surface area contributed by atoms with Crippen molar-refractivity contribution in [2.24, 2.45) is 0 Å². The highest BCUT2D eigenvalue weighted by molar-refractivity contribution is 7.99. The van der Waals surface area contributed by atoms with Gasteiger partial charge < -0.3 is 20.1 Å². The van der Waals surface area contributed by atoms with Crippen LogP contribution < -0.4 is 20.1 Å². The summed E-state index contributed by atoms with van der Waals surface area (Å²) in [7, 11) is 3.08. The topological polar surface area (TPSA) is 126 Å². The van der Waals surface area contributed by atoms with Gasteiger partial charge in [0.1, 0.15) is 0 Å². The zero-order valence-corrected chi connectivity index (χ0v) is 20.2. The van der Waals surface area contributed by atoms with E-state index in [9.17, 15) is 0 Å². The summed E-state index contributed by atoms with van der Waals surface area (Å²) in [5.41, 5.74) is 0. The van der Waals surface area contributed by atoms with Crippen molar-refractivity contribution in [3.63, 3.8) is 0 Å². The number of nitrogens with one attached hydrogen (secondary N) is 4. The highest BCUT2D eigenvalue weighted by atomic mass is 32.2. The summed E-state index contributed by atoms with van der Waals surface area (Å²) in [6.45, 7) is 1.92. The molecule has 14 heteroatoms. The van der Waals surface area contributed by atoms with Crippen LogP contribution in [0, 0.1) is 9.54 Å². The van der Waals surface area contributed by atoms with Crippen molar-refractivity contribution in [2.45, 2.75) is 36.0 Å². The van der Waals surface area contributed by atoms with E-state index in [1.807, 2.05) is 0 Å². The molecular formula is C16H26N8O2S4. The van der Waals surface area contributed by atoms with Gasteiger partial charge >= 0.3 is 0 Å². The predicted octanol–water partition coefficient (Wildman–Crippen LogP) is 2.94. The summed E-state index contributed by atoms with van der Waals surface area (Å²) in [6, 6.07) is 0.758. The first kappa shape index (κ1) is 24.9. The van der Waals surface area contributed by atoms with Crippen LogP contribution in [0.15, 0.2) is 10.3 Å². The predicted molar refractivity (Wildman–Crippen MR) is 123 cm³/mol. The largest absolute Gasteiger partial charge is 0.468 e.